The summed E-state index contributed by atoms with van der Waals surface area (Å²) in [6.07, 6.45) is 0.326. The minimum absolute atomic E-state index is 0.101. The van der Waals surface area contributed by atoms with Gasteiger partial charge in [0.25, 0.3) is 0 Å². The maximum Gasteiger partial charge on any atom is 0.227 e. The summed E-state index contributed by atoms with van der Waals surface area (Å²) in [6.45, 7) is 3.94. The van der Waals surface area contributed by atoms with Crippen LogP contribution < -0.4 is 4.74 Å². The monoisotopic (exact) mass is 342 g/mol. The van der Waals surface area contributed by atoms with Crippen LogP contribution in [0.2, 0.25) is 0 Å². The lowest BCUT2D eigenvalue weighted by Gasteiger charge is -2.35. The molecule has 132 valence electrons. The molecule has 0 radical (unpaired) electrons. The number of piperazine rings is 1. The highest BCUT2D eigenvalue weighted by Gasteiger charge is 2.21. The van der Waals surface area contributed by atoms with E-state index in [1.54, 1.807) is 19.2 Å². The summed E-state index contributed by atoms with van der Waals surface area (Å²) < 4.78 is 18.3. The van der Waals surface area contributed by atoms with E-state index in [1.807, 2.05) is 23.1 Å². The fourth-order valence-electron chi connectivity index (χ4n) is 3.12. The molecule has 0 bridgehead atoms. The Labute approximate surface area is 147 Å². The van der Waals surface area contributed by atoms with Crippen LogP contribution in [-0.4, -0.2) is 49.0 Å². The van der Waals surface area contributed by atoms with Crippen molar-refractivity contribution in [2.24, 2.45) is 0 Å². The van der Waals surface area contributed by atoms with E-state index in [-0.39, 0.29) is 11.7 Å². The van der Waals surface area contributed by atoms with Gasteiger partial charge in [-0.2, -0.15) is 0 Å². The average Bonchev–Trinajstić information content (AvgIpc) is 2.64. The van der Waals surface area contributed by atoms with E-state index < -0.39 is 0 Å². The molecule has 2 aromatic carbocycles. The van der Waals surface area contributed by atoms with Crippen molar-refractivity contribution >= 4 is 5.91 Å². The van der Waals surface area contributed by atoms with Gasteiger partial charge >= 0.3 is 0 Å². The Bertz CT molecular complexity index is 710. The van der Waals surface area contributed by atoms with Crippen molar-refractivity contribution in [3.8, 4) is 5.75 Å². The fraction of sp³-hybridized carbons (Fsp3) is 0.350. The number of rotatable bonds is 5. The highest BCUT2D eigenvalue weighted by molar-refractivity contribution is 5.78. The van der Waals surface area contributed by atoms with Gasteiger partial charge in [0.2, 0.25) is 5.91 Å². The molecule has 0 atom stereocenters. The van der Waals surface area contributed by atoms with Crippen LogP contribution in [-0.2, 0) is 17.8 Å². The van der Waals surface area contributed by atoms with Gasteiger partial charge in [-0.25, -0.2) is 4.39 Å². The summed E-state index contributed by atoms with van der Waals surface area (Å²) in [5.74, 6) is 0.724. The van der Waals surface area contributed by atoms with Crippen LogP contribution in [0.5, 0.6) is 5.75 Å². The molecule has 3 rings (SSSR count). The molecule has 1 aliphatic rings. The van der Waals surface area contributed by atoms with Gasteiger partial charge in [0.1, 0.15) is 11.6 Å². The van der Waals surface area contributed by atoms with Crippen molar-refractivity contribution < 1.29 is 13.9 Å². The summed E-state index contributed by atoms with van der Waals surface area (Å²) in [6, 6.07) is 14.2. The quantitative estimate of drug-likeness (QED) is 0.838. The Kier molecular flexibility index (Phi) is 5.66. The molecule has 1 saturated heterocycles. The molecule has 0 N–H and O–H groups in total. The second-order valence-electron chi connectivity index (χ2n) is 6.27. The van der Waals surface area contributed by atoms with E-state index in [1.165, 1.54) is 12.1 Å². The first-order valence-corrected chi connectivity index (χ1v) is 8.52. The minimum Gasteiger partial charge on any atom is -0.496 e. The van der Waals surface area contributed by atoms with Gasteiger partial charge in [0.15, 0.2) is 0 Å². The third-order valence-corrected chi connectivity index (χ3v) is 4.58. The molecule has 1 aliphatic heterocycles. The molecule has 2 aromatic rings. The predicted octanol–water partition coefficient (Wildman–Crippen LogP) is 2.72. The average molecular weight is 342 g/mol. The van der Waals surface area contributed by atoms with Gasteiger partial charge in [0, 0.05) is 38.3 Å². The fourth-order valence-corrected chi connectivity index (χ4v) is 3.12. The number of hydrogen-bond donors (Lipinski definition) is 0. The first-order chi connectivity index (χ1) is 12.2. The lowest BCUT2D eigenvalue weighted by atomic mass is 10.1. The Hall–Kier alpha value is -2.40. The molecule has 0 aromatic heterocycles. The minimum atomic E-state index is -0.277. The van der Waals surface area contributed by atoms with E-state index >= 15 is 0 Å². The zero-order valence-electron chi connectivity index (χ0n) is 14.5. The van der Waals surface area contributed by atoms with Crippen LogP contribution in [0.4, 0.5) is 4.39 Å². The van der Waals surface area contributed by atoms with Crippen LogP contribution in [0.25, 0.3) is 0 Å². The molecule has 0 aliphatic carbocycles. The Morgan fingerprint density at radius 3 is 2.40 bits per heavy atom. The van der Waals surface area contributed by atoms with E-state index in [4.69, 9.17) is 4.74 Å². The van der Waals surface area contributed by atoms with Crippen molar-refractivity contribution in [2.75, 3.05) is 33.3 Å². The van der Waals surface area contributed by atoms with Crippen LogP contribution in [0.1, 0.15) is 11.1 Å². The Balaban J connectivity index is 1.51. The molecule has 25 heavy (non-hydrogen) atoms. The van der Waals surface area contributed by atoms with Gasteiger partial charge in [0.05, 0.1) is 13.5 Å². The summed E-state index contributed by atoms with van der Waals surface area (Å²) in [5, 5.41) is 0. The largest absolute Gasteiger partial charge is 0.496 e. The van der Waals surface area contributed by atoms with Gasteiger partial charge in [-0.15, -0.1) is 0 Å². The molecule has 1 amide bonds. The number of methoxy groups -OCH3 is 1. The normalized spacial score (nSPS) is 15.2. The van der Waals surface area contributed by atoms with Gasteiger partial charge in [-0.1, -0.05) is 30.3 Å². The number of amides is 1. The van der Waals surface area contributed by atoms with Crippen molar-refractivity contribution in [1.29, 1.82) is 0 Å². The number of carbonyl (C=O) groups excluding carboxylic acids is 1. The summed E-state index contributed by atoms with van der Waals surface area (Å²) in [4.78, 5) is 16.6. The van der Waals surface area contributed by atoms with E-state index in [2.05, 4.69) is 11.0 Å². The van der Waals surface area contributed by atoms with Crippen molar-refractivity contribution in [1.82, 2.24) is 9.80 Å². The Morgan fingerprint density at radius 1 is 1.04 bits per heavy atom. The maximum atomic E-state index is 12.9. The summed E-state index contributed by atoms with van der Waals surface area (Å²) in [5.41, 5.74) is 2.01. The van der Waals surface area contributed by atoms with Crippen LogP contribution in [0.15, 0.2) is 48.5 Å². The predicted molar refractivity (Wildman–Crippen MR) is 95.0 cm³/mol. The van der Waals surface area contributed by atoms with E-state index in [0.29, 0.717) is 6.42 Å². The van der Waals surface area contributed by atoms with Gasteiger partial charge in [-0.05, 0) is 23.8 Å². The molecule has 0 saturated carbocycles. The number of nitrogens with zero attached hydrogens (tertiary/aromatic N) is 2. The lowest BCUT2D eigenvalue weighted by molar-refractivity contribution is -0.132. The molecule has 1 heterocycles. The topological polar surface area (TPSA) is 32.8 Å². The van der Waals surface area contributed by atoms with Crippen LogP contribution >= 0.6 is 0 Å². The van der Waals surface area contributed by atoms with Crippen LogP contribution in [0.3, 0.4) is 0 Å². The van der Waals surface area contributed by atoms with Crippen molar-refractivity contribution in [3.05, 3.63) is 65.5 Å². The lowest BCUT2D eigenvalue weighted by Crippen LogP contribution is -2.48. The summed E-state index contributed by atoms with van der Waals surface area (Å²) >= 11 is 0. The first kappa shape index (κ1) is 17.4. The molecule has 1 fully saturated rings. The molecule has 4 nitrogen and oxygen atoms in total. The maximum absolute atomic E-state index is 12.9. The van der Waals surface area contributed by atoms with Crippen molar-refractivity contribution in [3.63, 3.8) is 0 Å². The summed E-state index contributed by atoms with van der Waals surface area (Å²) in [7, 11) is 1.69. The zero-order valence-corrected chi connectivity index (χ0v) is 14.5. The number of carbonyl (C=O) groups is 1. The third kappa shape index (κ3) is 4.57. The van der Waals surface area contributed by atoms with Crippen molar-refractivity contribution in [2.45, 2.75) is 13.0 Å². The number of ether oxygens (including phenoxy) is 1. The number of halogens is 1. The number of para-hydroxylation sites is 1. The molecule has 5 heteroatoms. The van der Waals surface area contributed by atoms with E-state index in [9.17, 15) is 9.18 Å². The highest BCUT2D eigenvalue weighted by Crippen LogP contribution is 2.20. The van der Waals surface area contributed by atoms with Gasteiger partial charge < -0.3 is 9.64 Å². The standard InChI is InChI=1S/C20H23FN2O2/c1-25-19-5-3-2-4-17(19)15-22-10-12-23(13-11-22)20(24)14-16-6-8-18(21)9-7-16/h2-9H,10-15H2,1H3. The van der Waals surface area contributed by atoms with E-state index in [0.717, 1.165) is 49.6 Å². The number of hydrogen-bond acceptors (Lipinski definition) is 3. The second-order valence-corrected chi connectivity index (χ2v) is 6.27. The molecular formula is C20H23FN2O2. The third-order valence-electron chi connectivity index (χ3n) is 4.58. The number of benzene rings is 2. The highest BCUT2D eigenvalue weighted by atomic mass is 19.1. The molecule has 0 spiro atoms. The van der Waals surface area contributed by atoms with Gasteiger partial charge in [-0.3, -0.25) is 9.69 Å². The van der Waals surface area contributed by atoms with Crippen LogP contribution in [0, 0.1) is 5.82 Å². The molecule has 0 unspecified atom stereocenters. The first-order valence-electron chi connectivity index (χ1n) is 8.52. The zero-order chi connectivity index (χ0) is 17.6. The SMILES string of the molecule is COc1ccccc1CN1CCN(C(=O)Cc2ccc(F)cc2)CC1. The smallest absolute Gasteiger partial charge is 0.227 e. The Morgan fingerprint density at radius 2 is 1.72 bits per heavy atom. The molecular weight excluding hydrogens is 319 g/mol. The second kappa shape index (κ2) is 8.12.